The second kappa shape index (κ2) is 10.5. The fourth-order valence-electron chi connectivity index (χ4n) is 4.49. The van der Waals surface area contributed by atoms with E-state index in [1.165, 1.54) is 0 Å². The maximum Gasteiger partial charge on any atom is 0.152 e. The highest BCUT2D eigenvalue weighted by molar-refractivity contribution is 7.91. The normalized spacial score (nSPS) is 22.6. The van der Waals surface area contributed by atoms with E-state index in [1.807, 2.05) is 36.4 Å². The lowest BCUT2D eigenvalue weighted by molar-refractivity contribution is 0.350. The Morgan fingerprint density at radius 1 is 0.710 bits per heavy atom. The lowest BCUT2D eigenvalue weighted by Crippen LogP contribution is -2.34. The number of para-hydroxylation sites is 2. The fraction of sp³-hybridized carbons (Fsp3) is 0.500. The fourth-order valence-corrected chi connectivity index (χ4v) is 5.76. The average Bonchev–Trinajstić information content (AvgIpc) is 3.42. The third-order valence-corrected chi connectivity index (χ3v) is 7.88. The van der Waals surface area contributed by atoms with Gasteiger partial charge in [0.15, 0.2) is 9.84 Å². The first-order valence-corrected chi connectivity index (χ1v) is 13.2. The molecular weight excluding hydrogens is 408 g/mol. The standard InChI is InChI=1S/C24H34N4O2S/c29-31(30,17-15-27-13-11-23(19-27)25-21-7-3-1-4-8-21)18-16-28-14-12-24(20-28)26-22-9-5-2-6-10-22/h1-10,23-26H,11-20H2. The van der Waals surface area contributed by atoms with Crippen LogP contribution in [0.1, 0.15) is 12.8 Å². The molecule has 0 saturated carbocycles. The van der Waals surface area contributed by atoms with Crippen LogP contribution in [0.3, 0.4) is 0 Å². The van der Waals surface area contributed by atoms with Gasteiger partial charge in [-0.2, -0.15) is 0 Å². The number of anilines is 2. The predicted octanol–water partition coefficient (Wildman–Crippen LogP) is 2.77. The van der Waals surface area contributed by atoms with E-state index in [0.29, 0.717) is 25.2 Å². The summed E-state index contributed by atoms with van der Waals surface area (Å²) in [6, 6.07) is 21.2. The molecule has 2 aromatic rings. The molecule has 2 fully saturated rings. The Morgan fingerprint density at radius 2 is 1.13 bits per heavy atom. The molecule has 0 amide bonds. The number of nitrogens with zero attached hydrogens (tertiary/aromatic N) is 2. The zero-order chi connectivity index (χ0) is 21.5. The number of likely N-dealkylation sites (tertiary alicyclic amines) is 2. The van der Waals surface area contributed by atoms with E-state index in [2.05, 4.69) is 44.7 Å². The number of benzene rings is 2. The van der Waals surface area contributed by atoms with Gasteiger partial charge in [-0.25, -0.2) is 8.42 Å². The third-order valence-electron chi connectivity index (χ3n) is 6.27. The first kappa shape index (κ1) is 22.1. The lowest BCUT2D eigenvalue weighted by Gasteiger charge is -2.19. The van der Waals surface area contributed by atoms with E-state index in [1.54, 1.807) is 0 Å². The monoisotopic (exact) mass is 442 g/mol. The molecule has 2 aromatic carbocycles. The second-order valence-corrected chi connectivity index (χ2v) is 11.0. The molecule has 2 aliphatic rings. The molecule has 7 heteroatoms. The van der Waals surface area contributed by atoms with Crippen molar-refractivity contribution in [2.24, 2.45) is 0 Å². The molecule has 0 spiro atoms. The molecular formula is C24H34N4O2S. The molecule has 2 aliphatic heterocycles. The van der Waals surface area contributed by atoms with Crippen molar-refractivity contribution in [3.8, 4) is 0 Å². The minimum atomic E-state index is -3.03. The number of rotatable bonds is 10. The zero-order valence-corrected chi connectivity index (χ0v) is 18.9. The predicted molar refractivity (Wildman–Crippen MR) is 128 cm³/mol. The van der Waals surface area contributed by atoms with Crippen LogP contribution in [0.5, 0.6) is 0 Å². The van der Waals surface area contributed by atoms with E-state index in [9.17, 15) is 8.42 Å². The summed E-state index contributed by atoms with van der Waals surface area (Å²) < 4.78 is 25.2. The SMILES string of the molecule is O=S(=O)(CCN1CCC(Nc2ccccc2)C1)CCN1CCC(Nc2ccccc2)C1. The molecule has 168 valence electrons. The van der Waals surface area contributed by atoms with Gasteiger partial charge in [0.2, 0.25) is 0 Å². The van der Waals surface area contributed by atoms with Gasteiger partial charge in [0.25, 0.3) is 0 Å². The first-order chi connectivity index (χ1) is 15.1. The van der Waals surface area contributed by atoms with Crippen LogP contribution >= 0.6 is 0 Å². The smallest absolute Gasteiger partial charge is 0.152 e. The van der Waals surface area contributed by atoms with E-state index < -0.39 is 9.84 Å². The Balaban J connectivity index is 1.14. The summed E-state index contributed by atoms with van der Waals surface area (Å²) in [6.07, 6.45) is 2.11. The maximum atomic E-state index is 12.6. The number of hydrogen-bond donors (Lipinski definition) is 2. The van der Waals surface area contributed by atoms with Crippen LogP contribution in [0, 0.1) is 0 Å². The number of nitrogens with one attached hydrogen (secondary N) is 2. The Kier molecular flexibility index (Phi) is 7.48. The van der Waals surface area contributed by atoms with Crippen molar-refractivity contribution in [3.63, 3.8) is 0 Å². The molecule has 2 unspecified atom stereocenters. The van der Waals surface area contributed by atoms with Gasteiger partial charge < -0.3 is 20.4 Å². The Morgan fingerprint density at radius 3 is 1.55 bits per heavy atom. The summed E-state index contributed by atoms with van der Waals surface area (Å²) in [5.74, 6) is 0.509. The summed E-state index contributed by atoms with van der Waals surface area (Å²) in [6.45, 7) is 4.99. The topological polar surface area (TPSA) is 64.7 Å². The van der Waals surface area contributed by atoms with Gasteiger partial charge in [-0.05, 0) is 37.1 Å². The van der Waals surface area contributed by atoms with E-state index in [-0.39, 0.29) is 11.5 Å². The second-order valence-electron chi connectivity index (χ2n) is 8.74. The largest absolute Gasteiger partial charge is 0.381 e. The molecule has 31 heavy (non-hydrogen) atoms. The molecule has 2 heterocycles. The van der Waals surface area contributed by atoms with Crippen LogP contribution < -0.4 is 10.6 Å². The van der Waals surface area contributed by atoms with Gasteiger partial charge in [0.05, 0.1) is 11.5 Å². The van der Waals surface area contributed by atoms with Gasteiger partial charge in [-0.3, -0.25) is 0 Å². The van der Waals surface area contributed by atoms with Crippen molar-refractivity contribution < 1.29 is 8.42 Å². The molecule has 0 bridgehead atoms. The Bertz CT molecular complexity index is 838. The first-order valence-electron chi connectivity index (χ1n) is 11.3. The van der Waals surface area contributed by atoms with Crippen LogP contribution in [-0.4, -0.2) is 81.1 Å². The molecule has 0 aromatic heterocycles. The van der Waals surface area contributed by atoms with Crippen LogP contribution in [0.25, 0.3) is 0 Å². The highest BCUT2D eigenvalue weighted by Crippen LogP contribution is 2.17. The summed E-state index contributed by atoms with van der Waals surface area (Å²) in [5.41, 5.74) is 2.26. The van der Waals surface area contributed by atoms with Crippen molar-refractivity contribution >= 4 is 21.2 Å². The molecule has 2 atom stereocenters. The molecule has 6 nitrogen and oxygen atoms in total. The van der Waals surface area contributed by atoms with Crippen LogP contribution in [0.15, 0.2) is 60.7 Å². The average molecular weight is 443 g/mol. The summed E-state index contributed by atoms with van der Waals surface area (Å²) in [7, 11) is -3.03. The zero-order valence-electron chi connectivity index (χ0n) is 18.1. The number of hydrogen-bond acceptors (Lipinski definition) is 6. The highest BCUT2D eigenvalue weighted by Gasteiger charge is 2.26. The van der Waals surface area contributed by atoms with E-state index >= 15 is 0 Å². The van der Waals surface area contributed by atoms with Crippen LogP contribution in [-0.2, 0) is 9.84 Å². The van der Waals surface area contributed by atoms with Crippen molar-refractivity contribution in [1.82, 2.24) is 9.80 Å². The van der Waals surface area contributed by atoms with Crippen LogP contribution in [0.4, 0.5) is 11.4 Å². The summed E-state index contributed by atoms with van der Waals surface area (Å²) in [5, 5.41) is 7.10. The van der Waals surface area contributed by atoms with Crippen molar-refractivity contribution in [1.29, 1.82) is 0 Å². The maximum absolute atomic E-state index is 12.6. The quantitative estimate of drug-likeness (QED) is 0.590. The van der Waals surface area contributed by atoms with Gasteiger partial charge in [-0.15, -0.1) is 0 Å². The van der Waals surface area contributed by atoms with Gasteiger partial charge in [0, 0.05) is 62.7 Å². The summed E-state index contributed by atoms with van der Waals surface area (Å²) in [4.78, 5) is 4.54. The molecule has 0 radical (unpaired) electrons. The minimum Gasteiger partial charge on any atom is -0.381 e. The Hall–Kier alpha value is -2.09. The summed E-state index contributed by atoms with van der Waals surface area (Å²) >= 11 is 0. The molecule has 0 aliphatic carbocycles. The van der Waals surface area contributed by atoms with Gasteiger partial charge >= 0.3 is 0 Å². The molecule has 4 rings (SSSR count). The Labute approximate surface area is 186 Å². The van der Waals surface area contributed by atoms with Gasteiger partial charge in [-0.1, -0.05) is 36.4 Å². The third kappa shape index (κ3) is 6.95. The van der Waals surface area contributed by atoms with E-state index in [4.69, 9.17) is 0 Å². The number of sulfone groups is 1. The van der Waals surface area contributed by atoms with Crippen LogP contribution in [0.2, 0.25) is 0 Å². The van der Waals surface area contributed by atoms with Crippen molar-refractivity contribution in [3.05, 3.63) is 60.7 Å². The van der Waals surface area contributed by atoms with Gasteiger partial charge in [0.1, 0.15) is 0 Å². The molecule has 2 N–H and O–H groups in total. The van der Waals surface area contributed by atoms with Crippen molar-refractivity contribution in [2.45, 2.75) is 24.9 Å². The minimum absolute atomic E-state index is 0.255. The van der Waals surface area contributed by atoms with E-state index in [0.717, 1.165) is 50.4 Å². The highest BCUT2D eigenvalue weighted by atomic mass is 32.2. The molecule has 2 saturated heterocycles. The van der Waals surface area contributed by atoms with Crippen molar-refractivity contribution in [2.75, 3.05) is 61.4 Å². The lowest BCUT2D eigenvalue weighted by atomic mass is 10.2.